The van der Waals surface area contributed by atoms with Crippen molar-refractivity contribution in [1.82, 2.24) is 29.6 Å². The van der Waals surface area contributed by atoms with Crippen molar-refractivity contribution in [3.63, 3.8) is 0 Å². The molecule has 154 valence electrons. The van der Waals surface area contributed by atoms with Crippen molar-refractivity contribution in [2.75, 3.05) is 26.3 Å². The van der Waals surface area contributed by atoms with Gasteiger partial charge in [0.2, 0.25) is 0 Å². The predicted molar refractivity (Wildman–Crippen MR) is 121 cm³/mol. The molecule has 1 fully saturated rings. The number of hydrogen-bond donors (Lipinski definition) is 0. The number of allylic oxidation sites excluding steroid dienone is 1. The van der Waals surface area contributed by atoms with E-state index in [0.29, 0.717) is 6.54 Å². The maximum Gasteiger partial charge on any atom is 0.197 e. The Hall–Kier alpha value is -2.11. The fraction of sp³-hybridized carbons (Fsp3) is 0.300. The van der Waals surface area contributed by atoms with E-state index in [2.05, 4.69) is 44.6 Å². The van der Waals surface area contributed by atoms with Gasteiger partial charge in [-0.3, -0.25) is 4.90 Å². The summed E-state index contributed by atoms with van der Waals surface area (Å²) >= 11 is 4.94. The topological polar surface area (TPSA) is 69.0 Å². The standard InChI is InChI=1S/C20H20N6OS3/c1-2-5-26-13-21-24-20(26)30-19-17-14(15-4-3-10-28-15)12-29-18(17)22-16(23-19)11-25-6-8-27-9-7-25/h2-4,10,12-13H,1,5-9,11H2. The van der Waals surface area contributed by atoms with Crippen molar-refractivity contribution in [1.29, 1.82) is 0 Å². The van der Waals surface area contributed by atoms with Crippen LogP contribution in [0, 0.1) is 0 Å². The number of rotatable bonds is 7. The van der Waals surface area contributed by atoms with Crippen LogP contribution in [0.25, 0.3) is 20.7 Å². The second-order valence-corrected chi connectivity index (χ2v) is 9.56. The Bertz CT molecular complexity index is 1150. The van der Waals surface area contributed by atoms with Crippen molar-refractivity contribution in [2.45, 2.75) is 23.3 Å². The minimum Gasteiger partial charge on any atom is -0.379 e. The van der Waals surface area contributed by atoms with Crippen molar-refractivity contribution >= 4 is 44.7 Å². The molecule has 0 amide bonds. The Kier molecular flexibility index (Phi) is 5.91. The first-order valence-corrected chi connectivity index (χ1v) is 12.2. The minimum absolute atomic E-state index is 0.658. The second-order valence-electron chi connectivity index (χ2n) is 6.80. The highest BCUT2D eigenvalue weighted by Crippen LogP contribution is 2.41. The van der Waals surface area contributed by atoms with Gasteiger partial charge in [-0.25, -0.2) is 9.97 Å². The smallest absolute Gasteiger partial charge is 0.197 e. The summed E-state index contributed by atoms with van der Waals surface area (Å²) in [6.07, 6.45) is 3.57. The highest BCUT2D eigenvalue weighted by Gasteiger charge is 2.20. The molecule has 1 saturated heterocycles. The fourth-order valence-electron chi connectivity index (χ4n) is 3.34. The summed E-state index contributed by atoms with van der Waals surface area (Å²) in [5, 5.41) is 15.5. The van der Waals surface area contributed by atoms with Gasteiger partial charge in [-0.2, -0.15) is 0 Å². The quantitative estimate of drug-likeness (QED) is 0.305. The van der Waals surface area contributed by atoms with Crippen LogP contribution in [-0.4, -0.2) is 55.9 Å². The summed E-state index contributed by atoms with van der Waals surface area (Å²) in [6, 6.07) is 4.22. The van der Waals surface area contributed by atoms with Crippen molar-refractivity contribution in [3.05, 3.63) is 47.7 Å². The number of aromatic nitrogens is 5. The zero-order valence-electron chi connectivity index (χ0n) is 16.2. The third-order valence-electron chi connectivity index (χ3n) is 4.80. The van der Waals surface area contributed by atoms with E-state index in [0.717, 1.165) is 59.1 Å². The van der Waals surface area contributed by atoms with Crippen LogP contribution >= 0.6 is 34.4 Å². The maximum absolute atomic E-state index is 5.47. The third-order valence-corrected chi connectivity index (χ3v) is 7.56. The highest BCUT2D eigenvalue weighted by atomic mass is 32.2. The SMILES string of the molecule is C=CCn1cnnc1Sc1nc(CN2CCOCC2)nc2scc(-c3cccs3)c12. The van der Waals surface area contributed by atoms with Crippen LogP contribution < -0.4 is 0 Å². The van der Waals surface area contributed by atoms with E-state index >= 15 is 0 Å². The molecule has 0 saturated carbocycles. The largest absolute Gasteiger partial charge is 0.379 e. The van der Waals surface area contributed by atoms with Gasteiger partial charge in [0, 0.05) is 35.5 Å². The molecule has 0 aliphatic carbocycles. The molecule has 1 aliphatic heterocycles. The number of morpholine rings is 1. The number of hydrogen-bond acceptors (Lipinski definition) is 9. The molecular formula is C20H20N6OS3. The lowest BCUT2D eigenvalue weighted by atomic mass is 10.2. The summed E-state index contributed by atoms with van der Waals surface area (Å²) in [5.41, 5.74) is 1.18. The lowest BCUT2D eigenvalue weighted by molar-refractivity contribution is 0.0330. The zero-order chi connectivity index (χ0) is 20.3. The van der Waals surface area contributed by atoms with Gasteiger partial charge in [0.25, 0.3) is 0 Å². The van der Waals surface area contributed by atoms with Crippen LogP contribution in [0.4, 0.5) is 0 Å². The number of thiophene rings is 2. The number of nitrogens with zero attached hydrogens (tertiary/aromatic N) is 6. The highest BCUT2D eigenvalue weighted by molar-refractivity contribution is 7.99. The molecule has 30 heavy (non-hydrogen) atoms. The van der Waals surface area contributed by atoms with Crippen LogP contribution in [0.2, 0.25) is 0 Å². The minimum atomic E-state index is 0.658. The predicted octanol–water partition coefficient (Wildman–Crippen LogP) is 4.18. The maximum atomic E-state index is 5.47. The van der Waals surface area contributed by atoms with E-state index in [-0.39, 0.29) is 0 Å². The molecule has 0 aromatic carbocycles. The second kappa shape index (κ2) is 8.94. The Labute approximate surface area is 186 Å². The van der Waals surface area contributed by atoms with Gasteiger partial charge in [0.1, 0.15) is 22.0 Å². The third kappa shape index (κ3) is 4.06. The van der Waals surface area contributed by atoms with Gasteiger partial charge in [-0.1, -0.05) is 12.1 Å². The van der Waals surface area contributed by atoms with Crippen molar-refractivity contribution in [3.8, 4) is 10.4 Å². The molecule has 5 heterocycles. The Morgan fingerprint density at radius 2 is 2.13 bits per heavy atom. The summed E-state index contributed by atoms with van der Waals surface area (Å²) in [7, 11) is 0. The first-order valence-electron chi connectivity index (χ1n) is 9.60. The monoisotopic (exact) mass is 456 g/mol. The van der Waals surface area contributed by atoms with Crippen LogP contribution in [0.3, 0.4) is 0 Å². The molecule has 0 unspecified atom stereocenters. The summed E-state index contributed by atoms with van der Waals surface area (Å²) in [5.74, 6) is 0.835. The summed E-state index contributed by atoms with van der Waals surface area (Å²) in [6.45, 7) is 8.54. The van der Waals surface area contributed by atoms with Crippen LogP contribution in [0.5, 0.6) is 0 Å². The number of fused-ring (bicyclic) bond motifs is 1. The van der Waals surface area contributed by atoms with Gasteiger partial charge in [0.15, 0.2) is 5.16 Å². The normalized spacial score (nSPS) is 15.1. The molecule has 0 bridgehead atoms. The van der Waals surface area contributed by atoms with Gasteiger partial charge < -0.3 is 9.30 Å². The Morgan fingerprint density at radius 3 is 2.93 bits per heavy atom. The molecule has 0 atom stereocenters. The molecule has 0 spiro atoms. The summed E-state index contributed by atoms with van der Waals surface area (Å²) < 4.78 is 7.45. The molecule has 0 N–H and O–H groups in total. The average Bonchev–Trinajstić information content (AvgIpc) is 3.50. The van der Waals surface area contributed by atoms with Crippen LogP contribution in [0.15, 0.2) is 52.1 Å². The molecule has 4 aromatic rings. The van der Waals surface area contributed by atoms with Crippen molar-refractivity contribution in [2.24, 2.45) is 0 Å². The molecule has 0 radical (unpaired) electrons. The van der Waals surface area contributed by atoms with E-state index in [1.54, 1.807) is 40.8 Å². The van der Waals surface area contributed by atoms with E-state index in [9.17, 15) is 0 Å². The van der Waals surface area contributed by atoms with Gasteiger partial charge in [-0.15, -0.1) is 39.4 Å². The lowest BCUT2D eigenvalue weighted by Gasteiger charge is -2.25. The molecule has 4 aromatic heterocycles. The van der Waals surface area contributed by atoms with Crippen LogP contribution in [-0.2, 0) is 17.8 Å². The molecule has 1 aliphatic rings. The lowest BCUT2D eigenvalue weighted by Crippen LogP contribution is -2.36. The number of ether oxygens (including phenoxy) is 1. The molecule has 7 nitrogen and oxygen atoms in total. The van der Waals surface area contributed by atoms with Gasteiger partial charge in [0.05, 0.1) is 25.1 Å². The summed E-state index contributed by atoms with van der Waals surface area (Å²) in [4.78, 5) is 14.5. The van der Waals surface area contributed by atoms with E-state index in [1.807, 2.05) is 10.6 Å². The van der Waals surface area contributed by atoms with E-state index in [1.165, 1.54) is 10.4 Å². The Morgan fingerprint density at radius 1 is 1.23 bits per heavy atom. The fourth-order valence-corrected chi connectivity index (χ4v) is 6.15. The zero-order valence-corrected chi connectivity index (χ0v) is 18.7. The van der Waals surface area contributed by atoms with E-state index in [4.69, 9.17) is 14.7 Å². The van der Waals surface area contributed by atoms with Crippen molar-refractivity contribution < 1.29 is 4.74 Å². The van der Waals surface area contributed by atoms with Gasteiger partial charge >= 0.3 is 0 Å². The molecule has 5 rings (SSSR count). The molecule has 10 heteroatoms. The van der Waals surface area contributed by atoms with E-state index < -0.39 is 0 Å². The molecular weight excluding hydrogens is 436 g/mol. The first kappa shape index (κ1) is 19.8. The Balaban J connectivity index is 1.57. The average molecular weight is 457 g/mol. The van der Waals surface area contributed by atoms with Gasteiger partial charge in [-0.05, 0) is 23.2 Å². The van der Waals surface area contributed by atoms with Crippen LogP contribution in [0.1, 0.15) is 5.82 Å². The first-order chi connectivity index (χ1) is 14.8.